The summed E-state index contributed by atoms with van der Waals surface area (Å²) >= 11 is 0. The number of hydrogen-bond donors (Lipinski definition) is 0. The second-order valence-electron chi connectivity index (χ2n) is 3.72. The molecule has 1 aliphatic rings. The minimum Gasteiger partial charge on any atom is -0.300 e. The van der Waals surface area contributed by atoms with Crippen molar-refractivity contribution in [2.45, 2.75) is 18.3 Å². The topological polar surface area (TPSA) is 40.9 Å². The molecule has 4 heteroatoms. The Balaban J connectivity index is 2.42. The minimum absolute atomic E-state index is 0.0266. The van der Waals surface area contributed by atoms with Gasteiger partial charge in [0.15, 0.2) is 11.6 Å². The Labute approximate surface area is 85.1 Å². The summed E-state index contributed by atoms with van der Waals surface area (Å²) in [6, 6.07) is 5.32. The van der Waals surface area contributed by atoms with Gasteiger partial charge < -0.3 is 0 Å². The summed E-state index contributed by atoms with van der Waals surface area (Å²) < 4.78 is 25.6. The Morgan fingerprint density at radius 3 is 2.40 bits per heavy atom. The van der Waals surface area contributed by atoms with Crippen LogP contribution in [0.15, 0.2) is 18.2 Å². The molecule has 0 N–H and O–H groups in total. The monoisotopic (exact) mass is 207 g/mol. The van der Waals surface area contributed by atoms with E-state index in [0.29, 0.717) is 5.56 Å². The predicted molar refractivity (Wildman–Crippen MR) is 47.9 cm³/mol. The van der Waals surface area contributed by atoms with Gasteiger partial charge in [0.1, 0.15) is 5.78 Å². The van der Waals surface area contributed by atoms with Gasteiger partial charge in [-0.2, -0.15) is 5.26 Å². The van der Waals surface area contributed by atoms with Crippen LogP contribution in [0.2, 0.25) is 0 Å². The number of ketones is 1. The van der Waals surface area contributed by atoms with Crippen LogP contribution < -0.4 is 0 Å². The normalized spacial score (nSPS) is 18.1. The van der Waals surface area contributed by atoms with Gasteiger partial charge in [-0.1, -0.05) is 6.07 Å². The van der Waals surface area contributed by atoms with E-state index in [2.05, 4.69) is 0 Å². The SMILES string of the molecule is N#CC1(c2ccc(F)c(F)c2)CC(=O)C1. The molecule has 0 saturated heterocycles. The van der Waals surface area contributed by atoms with E-state index in [4.69, 9.17) is 5.26 Å². The fraction of sp³-hybridized carbons (Fsp3) is 0.273. The Morgan fingerprint density at radius 1 is 1.27 bits per heavy atom. The number of halogens is 2. The summed E-state index contributed by atoms with van der Waals surface area (Å²) in [5.74, 6) is -1.96. The fourth-order valence-corrected chi connectivity index (χ4v) is 1.76. The third kappa shape index (κ3) is 1.40. The maximum Gasteiger partial charge on any atom is 0.159 e. The van der Waals surface area contributed by atoms with Gasteiger partial charge in [-0.3, -0.25) is 4.79 Å². The number of nitriles is 1. The smallest absolute Gasteiger partial charge is 0.159 e. The van der Waals surface area contributed by atoms with E-state index in [1.165, 1.54) is 6.07 Å². The van der Waals surface area contributed by atoms with E-state index in [1.807, 2.05) is 6.07 Å². The van der Waals surface area contributed by atoms with Crippen LogP contribution in [0.4, 0.5) is 8.78 Å². The lowest BCUT2D eigenvalue weighted by molar-refractivity contribution is -0.126. The van der Waals surface area contributed by atoms with Crippen molar-refractivity contribution in [1.82, 2.24) is 0 Å². The minimum atomic E-state index is -0.985. The molecule has 0 unspecified atom stereocenters. The number of Topliss-reactive ketones (excluding diaryl/α,β-unsaturated/α-hetero) is 1. The molecule has 0 aromatic heterocycles. The van der Waals surface area contributed by atoms with Crippen molar-refractivity contribution in [2.24, 2.45) is 0 Å². The van der Waals surface area contributed by atoms with E-state index in [-0.39, 0.29) is 18.6 Å². The predicted octanol–water partition coefficient (Wildman–Crippen LogP) is 2.09. The molecule has 15 heavy (non-hydrogen) atoms. The highest BCUT2D eigenvalue weighted by Crippen LogP contribution is 2.40. The average Bonchev–Trinajstić information content (AvgIpc) is 2.17. The van der Waals surface area contributed by atoms with Crippen molar-refractivity contribution in [3.63, 3.8) is 0 Å². The van der Waals surface area contributed by atoms with E-state index in [9.17, 15) is 13.6 Å². The standard InChI is InChI=1S/C11H7F2NO/c12-9-2-1-7(3-10(9)13)11(6-14)4-8(15)5-11/h1-3H,4-5H2. The molecule has 1 aliphatic carbocycles. The summed E-state index contributed by atoms with van der Waals surface area (Å²) in [6.07, 6.45) is 0.184. The number of hydrogen-bond acceptors (Lipinski definition) is 2. The van der Waals surface area contributed by atoms with Gasteiger partial charge in [0.05, 0.1) is 11.5 Å². The van der Waals surface area contributed by atoms with Gasteiger partial charge in [-0.05, 0) is 17.7 Å². The first-order chi connectivity index (χ1) is 7.07. The van der Waals surface area contributed by atoms with Gasteiger partial charge in [0, 0.05) is 12.8 Å². The lowest BCUT2D eigenvalue weighted by atomic mass is 9.65. The Morgan fingerprint density at radius 2 is 1.93 bits per heavy atom. The molecule has 0 aliphatic heterocycles. The van der Waals surface area contributed by atoms with E-state index >= 15 is 0 Å². The van der Waals surface area contributed by atoms with Gasteiger partial charge in [0.2, 0.25) is 0 Å². The highest BCUT2D eigenvalue weighted by Gasteiger charge is 2.45. The van der Waals surface area contributed by atoms with Gasteiger partial charge in [-0.15, -0.1) is 0 Å². The number of rotatable bonds is 1. The number of carbonyl (C=O) groups excluding carboxylic acids is 1. The fourth-order valence-electron chi connectivity index (χ4n) is 1.76. The molecule has 2 rings (SSSR count). The van der Waals surface area contributed by atoms with Gasteiger partial charge >= 0.3 is 0 Å². The van der Waals surface area contributed by atoms with Crippen LogP contribution in [-0.2, 0) is 10.2 Å². The van der Waals surface area contributed by atoms with E-state index < -0.39 is 17.0 Å². The highest BCUT2D eigenvalue weighted by atomic mass is 19.2. The first kappa shape index (κ1) is 9.78. The first-order valence-corrected chi connectivity index (χ1v) is 4.46. The number of nitrogens with zero attached hydrogens (tertiary/aromatic N) is 1. The Hall–Kier alpha value is -1.76. The van der Waals surface area contributed by atoms with E-state index in [0.717, 1.165) is 12.1 Å². The quantitative estimate of drug-likeness (QED) is 0.707. The van der Waals surface area contributed by atoms with Crippen molar-refractivity contribution in [2.75, 3.05) is 0 Å². The van der Waals surface area contributed by atoms with Crippen LogP contribution in [0.3, 0.4) is 0 Å². The molecule has 1 aromatic carbocycles. The van der Waals surface area contributed by atoms with Gasteiger partial charge in [-0.25, -0.2) is 8.78 Å². The second-order valence-corrected chi connectivity index (χ2v) is 3.72. The molecule has 1 aromatic rings. The molecular formula is C11H7F2NO. The molecule has 1 fully saturated rings. The zero-order chi connectivity index (χ0) is 11.1. The summed E-state index contributed by atoms with van der Waals surface area (Å²) in [5, 5.41) is 8.95. The van der Waals surface area contributed by atoms with Gasteiger partial charge in [0.25, 0.3) is 0 Å². The van der Waals surface area contributed by atoms with Crippen LogP contribution in [0.5, 0.6) is 0 Å². The molecule has 0 spiro atoms. The van der Waals surface area contributed by atoms with E-state index in [1.54, 1.807) is 0 Å². The van der Waals surface area contributed by atoms with Crippen LogP contribution in [0.1, 0.15) is 18.4 Å². The summed E-state index contributed by atoms with van der Waals surface area (Å²) in [5.41, 5.74) is -0.561. The van der Waals surface area contributed by atoms with Crippen LogP contribution in [-0.4, -0.2) is 5.78 Å². The number of carbonyl (C=O) groups is 1. The average molecular weight is 207 g/mol. The van der Waals surface area contributed by atoms with Crippen LogP contribution in [0.25, 0.3) is 0 Å². The Bertz CT molecular complexity index is 468. The molecule has 1 saturated carbocycles. The third-order valence-electron chi connectivity index (χ3n) is 2.68. The molecule has 0 atom stereocenters. The zero-order valence-electron chi connectivity index (χ0n) is 7.76. The van der Waals surface area contributed by atoms with Crippen molar-refractivity contribution in [1.29, 1.82) is 5.26 Å². The molecule has 0 heterocycles. The number of benzene rings is 1. The first-order valence-electron chi connectivity index (χ1n) is 4.46. The maximum atomic E-state index is 12.9. The molecule has 2 nitrogen and oxygen atoms in total. The zero-order valence-corrected chi connectivity index (χ0v) is 7.76. The summed E-state index contributed by atoms with van der Waals surface area (Å²) in [4.78, 5) is 10.9. The molecule has 0 amide bonds. The van der Waals surface area contributed by atoms with Crippen LogP contribution >= 0.6 is 0 Å². The summed E-state index contributed by atoms with van der Waals surface area (Å²) in [6.45, 7) is 0. The lowest BCUT2D eigenvalue weighted by Crippen LogP contribution is -2.40. The van der Waals surface area contributed by atoms with Crippen molar-refractivity contribution in [3.05, 3.63) is 35.4 Å². The molecule has 0 bridgehead atoms. The third-order valence-corrected chi connectivity index (χ3v) is 2.68. The van der Waals surface area contributed by atoms with Crippen LogP contribution in [0, 0.1) is 23.0 Å². The molecular weight excluding hydrogens is 200 g/mol. The summed E-state index contributed by atoms with van der Waals surface area (Å²) in [7, 11) is 0. The highest BCUT2D eigenvalue weighted by molar-refractivity contribution is 5.90. The van der Waals surface area contributed by atoms with Crippen molar-refractivity contribution >= 4 is 5.78 Å². The second kappa shape index (κ2) is 3.13. The maximum absolute atomic E-state index is 12.9. The molecule has 76 valence electrons. The Kier molecular flexibility index (Phi) is 2.04. The molecule has 0 radical (unpaired) electrons. The van der Waals surface area contributed by atoms with Crippen molar-refractivity contribution < 1.29 is 13.6 Å². The largest absolute Gasteiger partial charge is 0.300 e. The lowest BCUT2D eigenvalue weighted by Gasteiger charge is -2.34. The van der Waals surface area contributed by atoms with Crippen molar-refractivity contribution in [3.8, 4) is 6.07 Å².